The lowest BCUT2D eigenvalue weighted by molar-refractivity contribution is -0.139. The molecule has 2 aromatic carbocycles. The van der Waals surface area contributed by atoms with Crippen molar-refractivity contribution in [2.24, 2.45) is 0 Å². The van der Waals surface area contributed by atoms with Crippen molar-refractivity contribution in [2.75, 3.05) is 13.2 Å². The average Bonchev–Trinajstić information content (AvgIpc) is 2.67. The van der Waals surface area contributed by atoms with Crippen LogP contribution in [0.5, 0.6) is 5.75 Å². The Balaban J connectivity index is 1.79. The van der Waals surface area contributed by atoms with E-state index in [1.165, 1.54) is 0 Å². The van der Waals surface area contributed by atoms with Crippen LogP contribution >= 0.6 is 0 Å². The van der Waals surface area contributed by atoms with Gasteiger partial charge in [0.1, 0.15) is 12.0 Å². The number of esters is 1. The lowest BCUT2D eigenvalue weighted by Crippen LogP contribution is -2.09. The Morgan fingerprint density at radius 3 is 2.19 bits per heavy atom. The molecule has 0 atom stereocenters. The van der Waals surface area contributed by atoms with Crippen molar-refractivity contribution in [2.45, 2.75) is 26.2 Å². The second kappa shape index (κ2) is 10.2. The molecule has 2 rings (SSSR count). The van der Waals surface area contributed by atoms with Gasteiger partial charge in [0.15, 0.2) is 0 Å². The normalized spacial score (nSPS) is 10.2. The number of hydrogen-bond donors (Lipinski definition) is 0. The Morgan fingerprint density at radius 1 is 1.00 bits per heavy atom. The minimum atomic E-state index is -0.369. The highest BCUT2D eigenvalue weighted by molar-refractivity contribution is 5.86. The third-order valence-corrected chi connectivity index (χ3v) is 3.83. The third kappa shape index (κ3) is 6.20. The van der Waals surface area contributed by atoms with E-state index < -0.39 is 0 Å². The van der Waals surface area contributed by atoms with E-state index in [-0.39, 0.29) is 5.97 Å². The van der Waals surface area contributed by atoms with Crippen LogP contribution in [0.4, 0.5) is 0 Å². The van der Waals surface area contributed by atoms with Gasteiger partial charge in [-0.15, -0.1) is 0 Å². The molecule has 2 aromatic rings. The highest BCUT2D eigenvalue weighted by Gasteiger charge is 2.03. The number of aldehydes is 1. The van der Waals surface area contributed by atoms with Gasteiger partial charge in [0.05, 0.1) is 13.2 Å². The molecule has 0 spiro atoms. The fourth-order valence-electron chi connectivity index (χ4n) is 2.37. The third-order valence-electron chi connectivity index (χ3n) is 3.83. The van der Waals surface area contributed by atoms with E-state index in [1.807, 2.05) is 24.3 Å². The van der Waals surface area contributed by atoms with Gasteiger partial charge in [-0.25, -0.2) is 4.79 Å². The molecule has 0 N–H and O–H groups in total. The van der Waals surface area contributed by atoms with Crippen LogP contribution in [0.3, 0.4) is 0 Å². The molecular weight excluding hydrogens is 328 g/mol. The van der Waals surface area contributed by atoms with Crippen LogP contribution in [0, 0.1) is 0 Å². The standard InChI is InChI=1S/C22H24O4/c1-17(2)22(24)26-16-4-15-25-21-12-10-20(11-13-21)19-8-6-18(7-9-19)5-3-14-23/h6-14H,1,3-5,15-16H2,2H3. The molecule has 0 radical (unpaired) electrons. The van der Waals surface area contributed by atoms with Crippen molar-refractivity contribution in [1.82, 2.24) is 0 Å². The van der Waals surface area contributed by atoms with Crippen LogP contribution in [0.1, 0.15) is 25.3 Å². The maximum absolute atomic E-state index is 11.2. The summed E-state index contributed by atoms with van der Waals surface area (Å²) in [5.74, 6) is 0.411. The molecule has 0 aliphatic heterocycles. The Morgan fingerprint density at radius 2 is 1.62 bits per heavy atom. The minimum absolute atomic E-state index is 0.320. The molecule has 0 aromatic heterocycles. The minimum Gasteiger partial charge on any atom is -0.493 e. The van der Waals surface area contributed by atoms with E-state index in [0.29, 0.717) is 31.6 Å². The second-order valence-corrected chi connectivity index (χ2v) is 6.04. The average molecular weight is 352 g/mol. The molecule has 0 heterocycles. The first kappa shape index (κ1) is 19.4. The Kier molecular flexibility index (Phi) is 7.62. The molecule has 4 heteroatoms. The van der Waals surface area contributed by atoms with E-state index in [1.54, 1.807) is 6.92 Å². The van der Waals surface area contributed by atoms with E-state index >= 15 is 0 Å². The lowest BCUT2D eigenvalue weighted by Gasteiger charge is -2.08. The maximum atomic E-state index is 11.2. The molecule has 0 saturated heterocycles. The summed E-state index contributed by atoms with van der Waals surface area (Å²) in [6.07, 6.45) is 2.90. The Labute approximate surface area is 154 Å². The first-order valence-electron chi connectivity index (χ1n) is 8.68. The van der Waals surface area contributed by atoms with Gasteiger partial charge in [0.25, 0.3) is 0 Å². The predicted octanol–water partition coefficient (Wildman–Crippen LogP) is 4.37. The van der Waals surface area contributed by atoms with Gasteiger partial charge in [-0.2, -0.15) is 0 Å². The number of aryl methyl sites for hydroxylation is 1. The van der Waals surface area contributed by atoms with Crippen molar-refractivity contribution in [3.63, 3.8) is 0 Å². The van der Waals surface area contributed by atoms with Crippen molar-refractivity contribution in [1.29, 1.82) is 0 Å². The first-order chi connectivity index (χ1) is 12.6. The summed E-state index contributed by atoms with van der Waals surface area (Å²) in [5.41, 5.74) is 3.79. The van der Waals surface area contributed by atoms with Crippen LogP contribution in [0.2, 0.25) is 0 Å². The quantitative estimate of drug-likeness (QED) is 0.276. The molecule has 0 aliphatic carbocycles. The summed E-state index contributed by atoms with van der Waals surface area (Å²) in [6.45, 7) is 5.96. The highest BCUT2D eigenvalue weighted by Crippen LogP contribution is 2.23. The topological polar surface area (TPSA) is 52.6 Å². The zero-order valence-electron chi connectivity index (χ0n) is 15.1. The van der Waals surface area contributed by atoms with Gasteiger partial charge in [0.2, 0.25) is 0 Å². The summed E-state index contributed by atoms with van der Waals surface area (Å²) < 4.78 is 10.7. The summed E-state index contributed by atoms with van der Waals surface area (Å²) in [5, 5.41) is 0. The lowest BCUT2D eigenvalue weighted by atomic mass is 10.0. The van der Waals surface area contributed by atoms with Crippen molar-refractivity contribution >= 4 is 12.3 Å². The highest BCUT2D eigenvalue weighted by atomic mass is 16.5. The number of rotatable bonds is 10. The van der Waals surface area contributed by atoms with E-state index in [2.05, 4.69) is 30.8 Å². The van der Waals surface area contributed by atoms with Gasteiger partial charge in [-0.05, 0) is 42.2 Å². The fraction of sp³-hybridized carbons (Fsp3) is 0.273. The summed E-state index contributed by atoms with van der Waals surface area (Å²) in [6, 6.07) is 16.1. The van der Waals surface area contributed by atoms with Gasteiger partial charge in [0, 0.05) is 18.4 Å². The Hall–Kier alpha value is -2.88. The number of hydrogen-bond acceptors (Lipinski definition) is 4. The van der Waals surface area contributed by atoms with Gasteiger partial charge in [-0.3, -0.25) is 0 Å². The number of ether oxygens (including phenoxy) is 2. The van der Waals surface area contributed by atoms with Crippen LogP contribution in [0.25, 0.3) is 11.1 Å². The molecule has 136 valence electrons. The summed E-state index contributed by atoms with van der Waals surface area (Å²) >= 11 is 0. The molecule has 0 aliphatic rings. The van der Waals surface area contributed by atoms with Crippen molar-refractivity contribution in [3.05, 3.63) is 66.2 Å². The van der Waals surface area contributed by atoms with Crippen LogP contribution < -0.4 is 4.74 Å². The van der Waals surface area contributed by atoms with Gasteiger partial charge >= 0.3 is 5.97 Å². The SMILES string of the molecule is C=C(C)C(=O)OCCCOc1ccc(-c2ccc(CCC=O)cc2)cc1. The fourth-order valence-corrected chi connectivity index (χ4v) is 2.37. The molecule has 0 bridgehead atoms. The van der Waals surface area contributed by atoms with Crippen molar-refractivity contribution in [3.8, 4) is 16.9 Å². The largest absolute Gasteiger partial charge is 0.493 e. The first-order valence-corrected chi connectivity index (χ1v) is 8.68. The predicted molar refractivity (Wildman–Crippen MR) is 102 cm³/mol. The molecular formula is C22H24O4. The van der Waals surface area contributed by atoms with E-state index in [0.717, 1.165) is 35.1 Å². The zero-order chi connectivity index (χ0) is 18.8. The second-order valence-electron chi connectivity index (χ2n) is 6.04. The van der Waals surface area contributed by atoms with Crippen LogP contribution in [0.15, 0.2) is 60.7 Å². The van der Waals surface area contributed by atoms with Crippen molar-refractivity contribution < 1.29 is 19.1 Å². The number of carbonyl (C=O) groups is 2. The molecule has 0 unspecified atom stereocenters. The van der Waals surface area contributed by atoms with E-state index in [9.17, 15) is 9.59 Å². The molecule has 0 fully saturated rings. The molecule has 0 amide bonds. The molecule has 0 saturated carbocycles. The van der Waals surface area contributed by atoms with Crippen LogP contribution in [-0.4, -0.2) is 25.5 Å². The monoisotopic (exact) mass is 352 g/mol. The number of benzene rings is 2. The smallest absolute Gasteiger partial charge is 0.333 e. The summed E-state index contributed by atoms with van der Waals surface area (Å²) in [7, 11) is 0. The maximum Gasteiger partial charge on any atom is 0.333 e. The van der Waals surface area contributed by atoms with Gasteiger partial charge < -0.3 is 14.3 Å². The van der Waals surface area contributed by atoms with Crippen LogP contribution in [-0.2, 0) is 20.7 Å². The molecule has 4 nitrogen and oxygen atoms in total. The zero-order valence-corrected chi connectivity index (χ0v) is 15.1. The summed E-state index contributed by atoms with van der Waals surface area (Å²) in [4.78, 5) is 21.7. The Bertz CT molecular complexity index is 730. The molecule has 26 heavy (non-hydrogen) atoms. The van der Waals surface area contributed by atoms with E-state index in [4.69, 9.17) is 9.47 Å². The van der Waals surface area contributed by atoms with Gasteiger partial charge in [-0.1, -0.05) is 43.0 Å². The number of carbonyl (C=O) groups excluding carboxylic acids is 2.